The third kappa shape index (κ3) is 2.84. The van der Waals surface area contributed by atoms with Gasteiger partial charge in [0.15, 0.2) is 0 Å². The van der Waals surface area contributed by atoms with Crippen LogP contribution >= 0.6 is 0 Å². The van der Waals surface area contributed by atoms with Gasteiger partial charge < -0.3 is 0 Å². The Morgan fingerprint density at radius 2 is 1.94 bits per heavy atom. The first kappa shape index (κ1) is 11.2. The summed E-state index contributed by atoms with van der Waals surface area (Å²) >= 11 is 0. The van der Waals surface area contributed by atoms with E-state index in [1.54, 1.807) is 12.1 Å². The number of nitrogens with zero attached hydrogens (tertiary/aromatic N) is 2. The summed E-state index contributed by atoms with van der Waals surface area (Å²) in [5.41, 5.74) is 1.46. The lowest BCUT2D eigenvalue weighted by Gasteiger charge is -2.00. The molecule has 0 amide bonds. The molecular weight excluding hydrogens is 223 g/mol. The van der Waals surface area contributed by atoms with Gasteiger partial charge in [-0.3, -0.25) is 15.1 Å². The Hall–Kier alpha value is -2.30. The summed E-state index contributed by atoms with van der Waals surface area (Å²) in [7, 11) is 0. The molecule has 5 heteroatoms. The van der Waals surface area contributed by atoms with Crippen LogP contribution in [0, 0.1) is 15.9 Å². The summed E-state index contributed by atoms with van der Waals surface area (Å²) in [4.78, 5) is 14.2. The predicted molar refractivity (Wildman–Crippen MR) is 60.1 cm³/mol. The van der Waals surface area contributed by atoms with Crippen LogP contribution in [0.4, 0.5) is 10.1 Å². The Bertz CT molecular complexity index is 540. The molecule has 0 radical (unpaired) electrons. The van der Waals surface area contributed by atoms with Gasteiger partial charge in [0.05, 0.1) is 10.6 Å². The molecule has 0 fully saturated rings. The standard InChI is InChI=1S/C12H9FN2O2/c13-10-3-1-9(2-4-10)7-11-8-12(15(16)17)5-6-14-11/h1-6,8H,7H2. The summed E-state index contributed by atoms with van der Waals surface area (Å²) in [6.45, 7) is 0. The third-order valence-corrected chi connectivity index (χ3v) is 2.31. The van der Waals surface area contributed by atoms with E-state index in [4.69, 9.17) is 0 Å². The number of halogens is 1. The SMILES string of the molecule is O=[N+]([O-])c1ccnc(Cc2ccc(F)cc2)c1. The molecule has 0 aliphatic carbocycles. The van der Waals surface area contributed by atoms with Crippen LogP contribution in [0.2, 0.25) is 0 Å². The largest absolute Gasteiger partial charge is 0.272 e. The van der Waals surface area contributed by atoms with E-state index in [0.29, 0.717) is 12.1 Å². The van der Waals surface area contributed by atoms with Crippen molar-refractivity contribution in [2.75, 3.05) is 0 Å². The minimum absolute atomic E-state index is 0.0112. The van der Waals surface area contributed by atoms with Crippen molar-refractivity contribution in [3.63, 3.8) is 0 Å². The van der Waals surface area contributed by atoms with E-state index in [9.17, 15) is 14.5 Å². The Kier molecular flexibility index (Phi) is 3.09. The maximum absolute atomic E-state index is 12.7. The van der Waals surface area contributed by atoms with E-state index in [-0.39, 0.29) is 11.5 Å². The molecule has 2 aromatic rings. The van der Waals surface area contributed by atoms with Gasteiger partial charge in [0.25, 0.3) is 5.69 Å². The van der Waals surface area contributed by atoms with E-state index in [0.717, 1.165) is 5.56 Å². The van der Waals surface area contributed by atoms with Crippen LogP contribution < -0.4 is 0 Å². The molecule has 0 unspecified atom stereocenters. The van der Waals surface area contributed by atoms with Gasteiger partial charge in [0.2, 0.25) is 0 Å². The number of aromatic nitrogens is 1. The van der Waals surface area contributed by atoms with Gasteiger partial charge in [0, 0.05) is 24.8 Å². The molecule has 0 atom stereocenters. The number of hydrogen-bond donors (Lipinski definition) is 0. The average molecular weight is 232 g/mol. The molecule has 17 heavy (non-hydrogen) atoms. The molecule has 1 aromatic heterocycles. The number of pyridine rings is 1. The summed E-state index contributed by atoms with van der Waals surface area (Å²) in [6.07, 6.45) is 1.85. The zero-order valence-electron chi connectivity index (χ0n) is 8.84. The minimum Gasteiger partial charge on any atom is -0.260 e. The number of hydrogen-bond acceptors (Lipinski definition) is 3. The Labute approximate surface area is 96.9 Å². The van der Waals surface area contributed by atoms with Crippen LogP contribution in [0.3, 0.4) is 0 Å². The number of nitro groups is 1. The maximum atomic E-state index is 12.7. The topological polar surface area (TPSA) is 56.0 Å². The summed E-state index contributed by atoms with van der Waals surface area (Å²) in [5, 5.41) is 10.6. The van der Waals surface area contributed by atoms with Crippen molar-refractivity contribution in [1.82, 2.24) is 4.98 Å². The van der Waals surface area contributed by atoms with Crippen LogP contribution in [0.25, 0.3) is 0 Å². The fraction of sp³-hybridized carbons (Fsp3) is 0.0833. The summed E-state index contributed by atoms with van der Waals surface area (Å²) in [5.74, 6) is -0.305. The van der Waals surface area contributed by atoms with E-state index in [1.165, 1.54) is 30.5 Å². The number of benzene rings is 1. The molecule has 1 heterocycles. The molecule has 0 N–H and O–H groups in total. The second-order valence-electron chi connectivity index (χ2n) is 3.57. The van der Waals surface area contributed by atoms with Gasteiger partial charge in [0.1, 0.15) is 5.82 Å². The van der Waals surface area contributed by atoms with Gasteiger partial charge in [-0.05, 0) is 17.7 Å². The van der Waals surface area contributed by atoms with Crippen molar-refractivity contribution in [3.8, 4) is 0 Å². The van der Waals surface area contributed by atoms with E-state index in [2.05, 4.69) is 4.98 Å². The molecule has 4 nitrogen and oxygen atoms in total. The van der Waals surface area contributed by atoms with Crippen molar-refractivity contribution in [2.24, 2.45) is 0 Å². The van der Waals surface area contributed by atoms with Crippen LogP contribution in [0.1, 0.15) is 11.3 Å². The lowest BCUT2D eigenvalue weighted by Crippen LogP contribution is -1.95. The van der Waals surface area contributed by atoms with Crippen LogP contribution in [0.5, 0.6) is 0 Å². The van der Waals surface area contributed by atoms with Crippen LogP contribution in [0.15, 0.2) is 42.6 Å². The maximum Gasteiger partial charge on any atom is 0.272 e. The monoisotopic (exact) mass is 232 g/mol. The predicted octanol–water partition coefficient (Wildman–Crippen LogP) is 2.72. The Morgan fingerprint density at radius 3 is 2.59 bits per heavy atom. The van der Waals surface area contributed by atoms with Crippen molar-refractivity contribution in [1.29, 1.82) is 0 Å². The highest BCUT2D eigenvalue weighted by Gasteiger charge is 2.07. The second-order valence-corrected chi connectivity index (χ2v) is 3.57. The molecule has 0 bridgehead atoms. The van der Waals surface area contributed by atoms with Crippen molar-refractivity contribution in [2.45, 2.75) is 6.42 Å². The first-order valence-corrected chi connectivity index (χ1v) is 4.99. The quantitative estimate of drug-likeness (QED) is 0.604. The van der Waals surface area contributed by atoms with Gasteiger partial charge in [-0.2, -0.15) is 0 Å². The Morgan fingerprint density at radius 1 is 1.24 bits per heavy atom. The van der Waals surface area contributed by atoms with Crippen molar-refractivity contribution >= 4 is 5.69 Å². The van der Waals surface area contributed by atoms with Gasteiger partial charge in [-0.25, -0.2) is 4.39 Å². The fourth-order valence-corrected chi connectivity index (χ4v) is 1.49. The first-order chi connectivity index (χ1) is 8.15. The zero-order chi connectivity index (χ0) is 12.3. The van der Waals surface area contributed by atoms with Crippen LogP contribution in [-0.2, 0) is 6.42 Å². The fourth-order valence-electron chi connectivity index (χ4n) is 1.49. The molecule has 1 aromatic carbocycles. The normalized spacial score (nSPS) is 10.2. The summed E-state index contributed by atoms with van der Waals surface area (Å²) < 4.78 is 12.7. The minimum atomic E-state index is -0.462. The molecule has 0 aliphatic rings. The third-order valence-electron chi connectivity index (χ3n) is 2.31. The Balaban J connectivity index is 2.21. The zero-order valence-corrected chi connectivity index (χ0v) is 8.84. The smallest absolute Gasteiger partial charge is 0.260 e. The van der Waals surface area contributed by atoms with Crippen LogP contribution in [-0.4, -0.2) is 9.91 Å². The average Bonchev–Trinajstić information content (AvgIpc) is 2.32. The second kappa shape index (κ2) is 4.69. The summed E-state index contributed by atoms with van der Waals surface area (Å²) in [6, 6.07) is 8.74. The highest BCUT2D eigenvalue weighted by atomic mass is 19.1. The molecule has 0 spiro atoms. The molecular formula is C12H9FN2O2. The van der Waals surface area contributed by atoms with Gasteiger partial charge >= 0.3 is 0 Å². The van der Waals surface area contributed by atoms with Gasteiger partial charge in [-0.15, -0.1) is 0 Å². The highest BCUT2D eigenvalue weighted by Crippen LogP contribution is 2.14. The molecule has 2 rings (SSSR count). The molecule has 86 valence electrons. The molecule has 0 aliphatic heterocycles. The molecule has 0 saturated carbocycles. The highest BCUT2D eigenvalue weighted by molar-refractivity contribution is 5.32. The molecule has 0 saturated heterocycles. The number of rotatable bonds is 3. The van der Waals surface area contributed by atoms with Crippen molar-refractivity contribution in [3.05, 3.63) is 69.8 Å². The lowest BCUT2D eigenvalue weighted by atomic mass is 10.1. The van der Waals surface area contributed by atoms with Crippen molar-refractivity contribution < 1.29 is 9.31 Å². The first-order valence-electron chi connectivity index (χ1n) is 4.99. The van der Waals surface area contributed by atoms with E-state index in [1.807, 2.05) is 0 Å². The van der Waals surface area contributed by atoms with Gasteiger partial charge in [-0.1, -0.05) is 12.1 Å². The van der Waals surface area contributed by atoms with E-state index >= 15 is 0 Å². The lowest BCUT2D eigenvalue weighted by molar-refractivity contribution is -0.385. The van der Waals surface area contributed by atoms with E-state index < -0.39 is 4.92 Å².